The third-order valence-corrected chi connectivity index (χ3v) is 7.10. The van der Waals surface area contributed by atoms with Gasteiger partial charge in [-0.3, -0.25) is 4.79 Å². The second kappa shape index (κ2) is 5.12. The fraction of sp³-hybridized carbons (Fsp3) is 0.722. The van der Waals surface area contributed by atoms with E-state index in [1.54, 1.807) is 11.3 Å². The van der Waals surface area contributed by atoms with Crippen LogP contribution in [0.25, 0.3) is 0 Å². The maximum Gasteiger partial charge on any atom is 0.221 e. The fourth-order valence-corrected chi connectivity index (χ4v) is 6.48. The molecule has 21 heavy (non-hydrogen) atoms. The zero-order valence-corrected chi connectivity index (χ0v) is 13.6. The lowest BCUT2D eigenvalue weighted by Crippen LogP contribution is -2.48. The number of carbonyl (C=O) groups is 1. The molecule has 1 heterocycles. The minimum Gasteiger partial charge on any atom is -0.349 e. The van der Waals surface area contributed by atoms with Gasteiger partial charge in [-0.25, -0.2) is 0 Å². The number of hydrogen-bond donors (Lipinski definition) is 1. The fourth-order valence-electron chi connectivity index (χ4n) is 5.75. The predicted octanol–water partition coefficient (Wildman–Crippen LogP) is 4.53. The Morgan fingerprint density at radius 1 is 1.29 bits per heavy atom. The lowest BCUT2D eigenvalue weighted by atomic mass is 9.49. The maximum atomic E-state index is 12.5. The van der Waals surface area contributed by atoms with Gasteiger partial charge < -0.3 is 5.32 Å². The van der Waals surface area contributed by atoms with Crippen molar-refractivity contribution in [2.24, 2.45) is 23.2 Å². The van der Waals surface area contributed by atoms with Gasteiger partial charge in [0.05, 0.1) is 6.04 Å². The first-order valence-electron chi connectivity index (χ1n) is 8.45. The standard InChI is InChI=1S/C18H25NOS/c1-12(16-3-2-4-21-16)19-17(20)11-18-8-13-5-14(9-18)7-15(6-13)10-18/h2-4,12-15H,5-11H2,1H3,(H,19,20). The molecule has 2 nitrogen and oxygen atoms in total. The van der Waals surface area contributed by atoms with Crippen LogP contribution in [0.2, 0.25) is 0 Å². The van der Waals surface area contributed by atoms with Crippen molar-refractivity contribution in [2.45, 2.75) is 57.9 Å². The highest BCUT2D eigenvalue weighted by atomic mass is 32.1. The van der Waals surface area contributed by atoms with Gasteiger partial charge >= 0.3 is 0 Å². The number of hydrogen-bond acceptors (Lipinski definition) is 2. The first-order valence-corrected chi connectivity index (χ1v) is 9.33. The molecular formula is C18H25NOS. The predicted molar refractivity (Wildman–Crippen MR) is 86.1 cm³/mol. The Morgan fingerprint density at radius 3 is 2.43 bits per heavy atom. The summed E-state index contributed by atoms with van der Waals surface area (Å²) in [5.41, 5.74) is 0.355. The highest BCUT2D eigenvalue weighted by molar-refractivity contribution is 7.10. The summed E-state index contributed by atoms with van der Waals surface area (Å²) in [6.07, 6.45) is 9.08. The summed E-state index contributed by atoms with van der Waals surface area (Å²) in [5.74, 6) is 3.06. The first-order chi connectivity index (χ1) is 10.1. The van der Waals surface area contributed by atoms with Crippen molar-refractivity contribution in [3.05, 3.63) is 22.4 Å². The summed E-state index contributed by atoms with van der Waals surface area (Å²) < 4.78 is 0. The number of carbonyl (C=O) groups excluding carboxylic acids is 1. The van der Waals surface area contributed by atoms with E-state index in [1.807, 2.05) is 0 Å². The molecule has 4 aliphatic carbocycles. The summed E-state index contributed by atoms with van der Waals surface area (Å²) in [5, 5.41) is 5.31. The van der Waals surface area contributed by atoms with Gasteiger partial charge in [-0.05, 0) is 80.1 Å². The molecule has 0 aliphatic heterocycles. The Kier molecular flexibility index (Phi) is 3.36. The SMILES string of the molecule is CC(NC(=O)CC12CC3CC(CC(C3)C1)C2)c1cccs1. The molecule has 4 fully saturated rings. The Hall–Kier alpha value is -0.830. The molecule has 4 bridgehead atoms. The quantitative estimate of drug-likeness (QED) is 0.870. The Balaban J connectivity index is 1.40. The van der Waals surface area contributed by atoms with Gasteiger partial charge in [-0.1, -0.05) is 6.07 Å². The number of amides is 1. The molecule has 0 saturated heterocycles. The van der Waals surface area contributed by atoms with Crippen molar-refractivity contribution in [3.8, 4) is 0 Å². The van der Waals surface area contributed by atoms with E-state index in [0.717, 1.165) is 24.2 Å². The van der Waals surface area contributed by atoms with Crippen LogP contribution in [-0.2, 0) is 4.79 Å². The van der Waals surface area contributed by atoms with Crippen LogP contribution >= 0.6 is 11.3 Å². The van der Waals surface area contributed by atoms with Crippen molar-refractivity contribution in [1.29, 1.82) is 0 Å². The third-order valence-electron chi connectivity index (χ3n) is 6.05. The van der Waals surface area contributed by atoms with E-state index in [1.165, 1.54) is 43.4 Å². The third kappa shape index (κ3) is 2.65. The van der Waals surface area contributed by atoms with Gasteiger partial charge in [-0.15, -0.1) is 11.3 Å². The van der Waals surface area contributed by atoms with Gasteiger partial charge in [0.2, 0.25) is 5.91 Å². The molecule has 3 heteroatoms. The second-order valence-corrected chi connectivity index (χ2v) is 8.88. The smallest absolute Gasteiger partial charge is 0.221 e. The first kappa shape index (κ1) is 13.8. The number of rotatable bonds is 4. The monoisotopic (exact) mass is 303 g/mol. The van der Waals surface area contributed by atoms with Crippen LogP contribution in [-0.4, -0.2) is 5.91 Å². The number of nitrogens with one attached hydrogen (secondary N) is 1. The molecule has 1 atom stereocenters. The van der Waals surface area contributed by atoms with Gasteiger partial charge in [0.15, 0.2) is 0 Å². The maximum absolute atomic E-state index is 12.5. The molecule has 1 aromatic heterocycles. The van der Waals surface area contributed by atoms with E-state index in [-0.39, 0.29) is 11.9 Å². The van der Waals surface area contributed by atoms with Crippen LogP contribution in [0.3, 0.4) is 0 Å². The summed E-state index contributed by atoms with van der Waals surface area (Å²) in [4.78, 5) is 13.8. The topological polar surface area (TPSA) is 29.1 Å². The molecule has 0 spiro atoms. The highest BCUT2D eigenvalue weighted by Gasteiger charge is 2.51. The second-order valence-electron chi connectivity index (χ2n) is 7.90. The molecule has 0 radical (unpaired) electrons. The molecular weight excluding hydrogens is 278 g/mol. The lowest BCUT2D eigenvalue weighted by Gasteiger charge is -2.56. The molecule has 4 aliphatic rings. The minimum atomic E-state index is 0.159. The van der Waals surface area contributed by atoms with E-state index in [0.29, 0.717) is 5.41 Å². The van der Waals surface area contributed by atoms with E-state index in [4.69, 9.17) is 0 Å². The lowest BCUT2D eigenvalue weighted by molar-refractivity contribution is -0.130. The van der Waals surface area contributed by atoms with Crippen LogP contribution < -0.4 is 5.32 Å². The zero-order chi connectivity index (χ0) is 14.4. The Labute approximate surface area is 131 Å². The molecule has 1 aromatic rings. The van der Waals surface area contributed by atoms with E-state index in [9.17, 15) is 4.79 Å². The molecule has 1 N–H and O–H groups in total. The molecule has 0 aromatic carbocycles. The highest BCUT2D eigenvalue weighted by Crippen LogP contribution is 2.61. The van der Waals surface area contributed by atoms with Crippen LogP contribution in [0.15, 0.2) is 17.5 Å². The summed E-state index contributed by atoms with van der Waals surface area (Å²) >= 11 is 1.73. The largest absolute Gasteiger partial charge is 0.349 e. The van der Waals surface area contributed by atoms with E-state index < -0.39 is 0 Å². The molecule has 4 saturated carbocycles. The van der Waals surface area contributed by atoms with Gasteiger partial charge in [-0.2, -0.15) is 0 Å². The van der Waals surface area contributed by atoms with Gasteiger partial charge in [0.1, 0.15) is 0 Å². The summed E-state index contributed by atoms with van der Waals surface area (Å²) in [7, 11) is 0. The van der Waals surface area contributed by atoms with Crippen LogP contribution in [0.4, 0.5) is 0 Å². The van der Waals surface area contributed by atoms with E-state index >= 15 is 0 Å². The minimum absolute atomic E-state index is 0.159. The van der Waals surface area contributed by atoms with Crippen molar-refractivity contribution in [1.82, 2.24) is 5.32 Å². The molecule has 5 rings (SSSR count). The molecule has 1 amide bonds. The van der Waals surface area contributed by atoms with Crippen molar-refractivity contribution >= 4 is 17.2 Å². The summed E-state index contributed by atoms with van der Waals surface area (Å²) in [6, 6.07) is 4.33. The summed E-state index contributed by atoms with van der Waals surface area (Å²) in [6.45, 7) is 2.10. The number of thiophene rings is 1. The average molecular weight is 303 g/mol. The molecule has 114 valence electrons. The van der Waals surface area contributed by atoms with Crippen LogP contribution in [0.1, 0.15) is 62.8 Å². The van der Waals surface area contributed by atoms with Crippen molar-refractivity contribution < 1.29 is 4.79 Å². The zero-order valence-electron chi connectivity index (χ0n) is 12.8. The van der Waals surface area contributed by atoms with Crippen molar-refractivity contribution in [3.63, 3.8) is 0 Å². The Morgan fingerprint density at radius 2 is 1.90 bits per heavy atom. The normalized spacial score (nSPS) is 38.4. The van der Waals surface area contributed by atoms with E-state index in [2.05, 4.69) is 29.8 Å². The molecule has 1 unspecified atom stereocenters. The van der Waals surface area contributed by atoms with Gasteiger partial charge in [0, 0.05) is 11.3 Å². The van der Waals surface area contributed by atoms with Crippen LogP contribution in [0, 0.1) is 23.2 Å². The van der Waals surface area contributed by atoms with Gasteiger partial charge in [0.25, 0.3) is 0 Å². The van der Waals surface area contributed by atoms with Crippen molar-refractivity contribution in [2.75, 3.05) is 0 Å². The Bertz CT molecular complexity index is 486. The van der Waals surface area contributed by atoms with Crippen LogP contribution in [0.5, 0.6) is 0 Å². The average Bonchev–Trinajstić information content (AvgIpc) is 2.89.